The molecule has 1 aliphatic rings. The number of hydrogen-bond acceptors (Lipinski definition) is 2. The SMILES string of the molecule is COC1(C)CCCC1C(=O)CCCCCC(C)C. The summed E-state index contributed by atoms with van der Waals surface area (Å²) in [6.45, 7) is 6.61. The van der Waals surface area contributed by atoms with E-state index < -0.39 is 0 Å². The first-order chi connectivity index (χ1) is 8.49. The Hall–Kier alpha value is -0.370. The number of Topliss-reactive ketones (excluding diaryl/α,β-unsaturated/α-hetero) is 1. The van der Waals surface area contributed by atoms with E-state index in [9.17, 15) is 4.79 Å². The Morgan fingerprint density at radius 2 is 2.06 bits per heavy atom. The molecule has 2 unspecified atom stereocenters. The van der Waals surface area contributed by atoms with Gasteiger partial charge in [0.05, 0.1) is 5.60 Å². The van der Waals surface area contributed by atoms with Crippen molar-refractivity contribution in [1.82, 2.24) is 0 Å². The third kappa shape index (κ3) is 4.38. The van der Waals surface area contributed by atoms with Crippen molar-refractivity contribution in [3.05, 3.63) is 0 Å². The van der Waals surface area contributed by atoms with Gasteiger partial charge in [-0.05, 0) is 38.5 Å². The van der Waals surface area contributed by atoms with Gasteiger partial charge in [0.15, 0.2) is 0 Å². The van der Waals surface area contributed by atoms with Gasteiger partial charge >= 0.3 is 0 Å². The molecule has 0 aromatic carbocycles. The lowest BCUT2D eigenvalue weighted by atomic mass is 9.86. The van der Waals surface area contributed by atoms with Crippen molar-refractivity contribution in [1.29, 1.82) is 0 Å². The summed E-state index contributed by atoms with van der Waals surface area (Å²) in [5.74, 6) is 1.36. The molecule has 0 saturated heterocycles. The third-order valence-electron chi connectivity index (χ3n) is 4.46. The molecule has 0 bridgehead atoms. The number of carbonyl (C=O) groups is 1. The number of ketones is 1. The molecule has 2 atom stereocenters. The van der Waals surface area contributed by atoms with Crippen LogP contribution in [-0.4, -0.2) is 18.5 Å². The Morgan fingerprint density at radius 1 is 1.33 bits per heavy atom. The van der Waals surface area contributed by atoms with E-state index >= 15 is 0 Å². The molecule has 0 N–H and O–H groups in total. The number of rotatable bonds is 8. The Morgan fingerprint density at radius 3 is 2.67 bits per heavy atom. The van der Waals surface area contributed by atoms with Crippen molar-refractivity contribution in [2.75, 3.05) is 7.11 Å². The lowest BCUT2D eigenvalue weighted by Crippen LogP contribution is -2.36. The molecule has 1 saturated carbocycles. The van der Waals surface area contributed by atoms with Crippen LogP contribution in [0.2, 0.25) is 0 Å². The van der Waals surface area contributed by atoms with Gasteiger partial charge in [0, 0.05) is 19.4 Å². The highest BCUT2D eigenvalue weighted by molar-refractivity contribution is 5.82. The predicted molar refractivity (Wildman–Crippen MR) is 75.7 cm³/mol. The van der Waals surface area contributed by atoms with Crippen molar-refractivity contribution >= 4 is 5.78 Å². The van der Waals surface area contributed by atoms with Gasteiger partial charge in [0.2, 0.25) is 0 Å². The maximum absolute atomic E-state index is 12.2. The van der Waals surface area contributed by atoms with Crippen LogP contribution in [0, 0.1) is 11.8 Å². The Labute approximate surface area is 112 Å². The van der Waals surface area contributed by atoms with E-state index in [1.165, 1.54) is 19.3 Å². The summed E-state index contributed by atoms with van der Waals surface area (Å²) in [7, 11) is 1.74. The minimum Gasteiger partial charge on any atom is -0.378 e. The lowest BCUT2D eigenvalue weighted by molar-refractivity contribution is -0.131. The molecule has 2 nitrogen and oxygen atoms in total. The van der Waals surface area contributed by atoms with E-state index in [2.05, 4.69) is 20.8 Å². The van der Waals surface area contributed by atoms with Crippen LogP contribution in [-0.2, 0) is 9.53 Å². The van der Waals surface area contributed by atoms with Gasteiger partial charge in [0.25, 0.3) is 0 Å². The zero-order valence-corrected chi connectivity index (χ0v) is 12.6. The first kappa shape index (κ1) is 15.7. The van der Waals surface area contributed by atoms with Crippen LogP contribution in [0.15, 0.2) is 0 Å². The Balaban J connectivity index is 2.24. The molecule has 0 amide bonds. The summed E-state index contributed by atoms with van der Waals surface area (Å²) in [5.41, 5.74) is -0.186. The predicted octanol–water partition coefficient (Wildman–Crippen LogP) is 4.37. The first-order valence-electron chi connectivity index (χ1n) is 7.57. The number of carbonyl (C=O) groups excluding carboxylic acids is 1. The summed E-state index contributed by atoms with van der Waals surface area (Å²) in [5, 5.41) is 0. The smallest absolute Gasteiger partial charge is 0.138 e. The number of ether oxygens (including phenoxy) is 1. The van der Waals surface area contributed by atoms with Gasteiger partial charge in [-0.2, -0.15) is 0 Å². The zero-order chi connectivity index (χ0) is 13.6. The van der Waals surface area contributed by atoms with E-state index in [0.29, 0.717) is 5.78 Å². The molecule has 18 heavy (non-hydrogen) atoms. The Bertz CT molecular complexity index is 260. The number of hydrogen-bond donors (Lipinski definition) is 0. The van der Waals surface area contributed by atoms with Gasteiger partial charge in [-0.3, -0.25) is 4.79 Å². The molecule has 0 spiro atoms. The van der Waals surface area contributed by atoms with E-state index in [1.807, 2.05) is 0 Å². The number of methoxy groups -OCH3 is 1. The fourth-order valence-corrected chi connectivity index (χ4v) is 3.09. The molecular formula is C16H30O2. The fraction of sp³-hybridized carbons (Fsp3) is 0.938. The summed E-state index contributed by atoms with van der Waals surface area (Å²) >= 11 is 0. The summed E-state index contributed by atoms with van der Waals surface area (Å²) < 4.78 is 5.57. The van der Waals surface area contributed by atoms with Crippen LogP contribution in [0.1, 0.15) is 72.1 Å². The molecule has 1 rings (SSSR count). The highest BCUT2D eigenvalue weighted by Gasteiger charge is 2.42. The highest BCUT2D eigenvalue weighted by Crippen LogP contribution is 2.39. The molecule has 1 fully saturated rings. The second-order valence-electron chi connectivity index (χ2n) is 6.42. The highest BCUT2D eigenvalue weighted by atomic mass is 16.5. The average Bonchev–Trinajstić information content (AvgIpc) is 2.71. The second-order valence-corrected chi connectivity index (χ2v) is 6.42. The van der Waals surface area contributed by atoms with Crippen molar-refractivity contribution in [2.24, 2.45) is 11.8 Å². The van der Waals surface area contributed by atoms with Crippen LogP contribution >= 0.6 is 0 Å². The molecular weight excluding hydrogens is 224 g/mol. The standard InChI is InChI=1S/C16H30O2/c1-13(2)9-6-5-7-11-15(17)14-10-8-12-16(14,3)18-4/h13-14H,5-12H2,1-4H3. The number of unbranched alkanes of at least 4 members (excludes halogenated alkanes) is 2. The van der Waals surface area contributed by atoms with Crippen LogP contribution in [0.5, 0.6) is 0 Å². The fourth-order valence-electron chi connectivity index (χ4n) is 3.09. The molecule has 0 aliphatic heterocycles. The van der Waals surface area contributed by atoms with Crippen molar-refractivity contribution in [3.8, 4) is 0 Å². The summed E-state index contributed by atoms with van der Waals surface area (Å²) in [6.07, 6.45) is 8.74. The van der Waals surface area contributed by atoms with E-state index in [1.54, 1.807) is 7.11 Å². The minimum atomic E-state index is -0.186. The van der Waals surface area contributed by atoms with Crippen LogP contribution in [0.4, 0.5) is 0 Å². The molecule has 106 valence electrons. The topological polar surface area (TPSA) is 26.3 Å². The van der Waals surface area contributed by atoms with Crippen LogP contribution < -0.4 is 0 Å². The molecule has 2 heteroatoms. The first-order valence-corrected chi connectivity index (χ1v) is 7.57. The van der Waals surface area contributed by atoms with Crippen LogP contribution in [0.3, 0.4) is 0 Å². The van der Waals surface area contributed by atoms with Crippen molar-refractivity contribution < 1.29 is 9.53 Å². The van der Waals surface area contributed by atoms with Gasteiger partial charge in [-0.1, -0.05) is 33.1 Å². The van der Waals surface area contributed by atoms with Crippen molar-refractivity contribution in [2.45, 2.75) is 77.7 Å². The zero-order valence-electron chi connectivity index (χ0n) is 12.6. The maximum atomic E-state index is 12.2. The maximum Gasteiger partial charge on any atom is 0.138 e. The quantitative estimate of drug-likeness (QED) is 0.601. The minimum absolute atomic E-state index is 0.146. The monoisotopic (exact) mass is 254 g/mol. The largest absolute Gasteiger partial charge is 0.378 e. The Kier molecular flexibility index (Phi) is 6.34. The molecule has 0 aromatic heterocycles. The van der Waals surface area contributed by atoms with E-state index in [0.717, 1.165) is 38.0 Å². The van der Waals surface area contributed by atoms with Crippen molar-refractivity contribution in [3.63, 3.8) is 0 Å². The molecule has 0 radical (unpaired) electrons. The van der Waals surface area contributed by atoms with Crippen LogP contribution in [0.25, 0.3) is 0 Å². The average molecular weight is 254 g/mol. The van der Waals surface area contributed by atoms with Gasteiger partial charge < -0.3 is 4.74 Å². The summed E-state index contributed by atoms with van der Waals surface area (Å²) in [4.78, 5) is 12.2. The normalized spacial score (nSPS) is 27.9. The van der Waals surface area contributed by atoms with Gasteiger partial charge in [-0.15, -0.1) is 0 Å². The molecule has 1 aliphatic carbocycles. The second kappa shape index (κ2) is 7.28. The van der Waals surface area contributed by atoms with E-state index in [4.69, 9.17) is 4.74 Å². The molecule has 0 aromatic rings. The summed E-state index contributed by atoms with van der Waals surface area (Å²) in [6, 6.07) is 0. The van der Waals surface area contributed by atoms with Gasteiger partial charge in [-0.25, -0.2) is 0 Å². The molecule has 0 heterocycles. The lowest BCUT2D eigenvalue weighted by Gasteiger charge is -2.29. The van der Waals surface area contributed by atoms with Gasteiger partial charge in [0.1, 0.15) is 5.78 Å². The van der Waals surface area contributed by atoms with E-state index in [-0.39, 0.29) is 11.5 Å². The third-order valence-corrected chi connectivity index (χ3v) is 4.46.